The maximum atomic E-state index is 11.3. The Balaban J connectivity index is 2.55. The normalized spacial score (nSPS) is 11.7. The fourth-order valence-electron chi connectivity index (χ4n) is 2.42. The maximum Gasteiger partial charge on any atom is 0.248 e. The van der Waals surface area contributed by atoms with Crippen molar-refractivity contribution < 1.29 is 4.79 Å². The maximum absolute atomic E-state index is 11.3. The van der Waals surface area contributed by atoms with Gasteiger partial charge in [0.2, 0.25) is 5.91 Å². The number of aromatic nitrogens is 2. The number of hydrogen-bond acceptors (Lipinski definition) is 2. The number of benzene rings is 1. The highest BCUT2D eigenvalue weighted by atomic mass is 16.1. The van der Waals surface area contributed by atoms with Crippen molar-refractivity contribution in [2.45, 2.75) is 40.7 Å². The van der Waals surface area contributed by atoms with Crippen LogP contribution in [0.4, 0.5) is 0 Å². The Labute approximate surface area is 120 Å². The lowest BCUT2D eigenvalue weighted by Crippen LogP contribution is -2.11. The molecule has 0 bridgehead atoms. The Morgan fingerprint density at radius 1 is 1.25 bits per heavy atom. The van der Waals surface area contributed by atoms with Crippen molar-refractivity contribution in [1.82, 2.24) is 9.55 Å². The van der Waals surface area contributed by atoms with E-state index >= 15 is 0 Å². The van der Waals surface area contributed by atoms with Crippen LogP contribution in [0.15, 0.2) is 18.2 Å². The zero-order valence-corrected chi connectivity index (χ0v) is 12.7. The summed E-state index contributed by atoms with van der Waals surface area (Å²) in [6, 6.07) is 5.52. The molecule has 2 rings (SSSR count). The summed E-state index contributed by atoms with van der Waals surface area (Å²) in [5.74, 6) is 1.78. The summed E-state index contributed by atoms with van der Waals surface area (Å²) >= 11 is 0. The molecule has 1 aromatic heterocycles. The van der Waals surface area contributed by atoms with E-state index in [1.54, 1.807) is 12.1 Å². The Kier molecular flexibility index (Phi) is 4.12. The van der Waals surface area contributed by atoms with Gasteiger partial charge in [0.1, 0.15) is 5.82 Å². The molecule has 20 heavy (non-hydrogen) atoms. The summed E-state index contributed by atoms with van der Waals surface area (Å²) in [5, 5.41) is 0. The molecule has 0 unspecified atom stereocenters. The lowest BCUT2D eigenvalue weighted by molar-refractivity contribution is 0.100. The van der Waals surface area contributed by atoms with E-state index in [1.165, 1.54) is 0 Å². The van der Waals surface area contributed by atoms with Gasteiger partial charge in [-0.15, -0.1) is 0 Å². The van der Waals surface area contributed by atoms with Crippen molar-refractivity contribution in [2.75, 3.05) is 0 Å². The number of fused-ring (bicyclic) bond motifs is 1. The van der Waals surface area contributed by atoms with Crippen LogP contribution in [0.5, 0.6) is 0 Å². The molecule has 0 saturated carbocycles. The summed E-state index contributed by atoms with van der Waals surface area (Å²) in [4.78, 5) is 16.0. The molecular weight excluding hydrogens is 250 g/mol. The molecule has 0 aliphatic heterocycles. The summed E-state index contributed by atoms with van der Waals surface area (Å²) in [5.41, 5.74) is 7.80. The fraction of sp³-hybridized carbons (Fsp3) is 0.500. The highest BCUT2D eigenvalue weighted by Gasteiger charge is 2.14. The zero-order valence-electron chi connectivity index (χ0n) is 12.7. The molecule has 0 saturated heterocycles. The Hall–Kier alpha value is -1.84. The number of carbonyl (C=O) groups is 1. The number of primary amides is 1. The quantitative estimate of drug-likeness (QED) is 0.910. The lowest BCUT2D eigenvalue weighted by atomic mass is 10.1. The highest BCUT2D eigenvalue weighted by molar-refractivity contribution is 5.96. The third kappa shape index (κ3) is 3.00. The van der Waals surface area contributed by atoms with E-state index in [0.717, 1.165) is 29.8 Å². The van der Waals surface area contributed by atoms with Gasteiger partial charge in [0.15, 0.2) is 0 Å². The first kappa shape index (κ1) is 14.6. The first-order valence-corrected chi connectivity index (χ1v) is 7.17. The predicted molar refractivity (Wildman–Crippen MR) is 81.6 cm³/mol. The molecule has 0 atom stereocenters. The minimum atomic E-state index is -0.407. The van der Waals surface area contributed by atoms with Crippen molar-refractivity contribution in [2.24, 2.45) is 17.6 Å². The minimum Gasteiger partial charge on any atom is -0.366 e. The second-order valence-electron chi connectivity index (χ2n) is 6.20. The van der Waals surface area contributed by atoms with Crippen LogP contribution in [0.1, 0.15) is 43.9 Å². The van der Waals surface area contributed by atoms with Gasteiger partial charge in [0.25, 0.3) is 0 Å². The highest BCUT2D eigenvalue weighted by Crippen LogP contribution is 2.21. The van der Waals surface area contributed by atoms with Crippen molar-refractivity contribution >= 4 is 16.9 Å². The van der Waals surface area contributed by atoms with Crippen molar-refractivity contribution in [1.29, 1.82) is 0 Å². The first-order valence-electron chi connectivity index (χ1n) is 7.17. The molecule has 1 aromatic carbocycles. The molecule has 2 N–H and O–H groups in total. The monoisotopic (exact) mass is 273 g/mol. The average molecular weight is 273 g/mol. The van der Waals surface area contributed by atoms with E-state index in [-0.39, 0.29) is 0 Å². The van der Waals surface area contributed by atoms with Crippen LogP contribution in [0.2, 0.25) is 0 Å². The molecule has 0 radical (unpaired) electrons. The number of nitrogens with two attached hydrogens (primary N) is 1. The number of nitrogens with zero attached hydrogens (tertiary/aromatic N) is 2. The van der Waals surface area contributed by atoms with Gasteiger partial charge >= 0.3 is 0 Å². The standard InChI is InChI=1S/C16H23N3O/c1-10(2)7-15-18-13-8-12(16(17)20)5-6-14(13)19(15)9-11(3)4/h5-6,8,10-11H,7,9H2,1-4H3,(H2,17,20). The van der Waals surface area contributed by atoms with Crippen molar-refractivity contribution in [3.05, 3.63) is 29.6 Å². The molecule has 0 aliphatic carbocycles. The van der Waals surface area contributed by atoms with Crippen LogP contribution >= 0.6 is 0 Å². The third-order valence-corrected chi connectivity index (χ3v) is 3.25. The smallest absolute Gasteiger partial charge is 0.248 e. The van der Waals surface area contributed by atoms with Crippen LogP contribution in [-0.4, -0.2) is 15.5 Å². The second-order valence-corrected chi connectivity index (χ2v) is 6.20. The molecule has 1 amide bonds. The van der Waals surface area contributed by atoms with Gasteiger partial charge in [-0.2, -0.15) is 0 Å². The Morgan fingerprint density at radius 2 is 1.95 bits per heavy atom. The summed E-state index contributed by atoms with van der Waals surface area (Å²) in [6.07, 6.45) is 0.938. The van der Waals surface area contributed by atoms with Crippen LogP contribution < -0.4 is 5.73 Å². The van der Waals surface area contributed by atoms with E-state index in [9.17, 15) is 4.79 Å². The number of hydrogen-bond donors (Lipinski definition) is 1. The van der Waals surface area contributed by atoms with Gasteiger partial charge in [0.05, 0.1) is 11.0 Å². The summed E-state index contributed by atoms with van der Waals surface area (Å²) < 4.78 is 2.27. The number of carbonyl (C=O) groups excluding carboxylic acids is 1. The van der Waals surface area contributed by atoms with Gasteiger partial charge in [-0.3, -0.25) is 4.79 Å². The Bertz CT molecular complexity index is 626. The molecule has 0 aliphatic rings. The molecule has 0 spiro atoms. The van der Waals surface area contributed by atoms with Crippen LogP contribution in [0.3, 0.4) is 0 Å². The van der Waals surface area contributed by atoms with E-state index < -0.39 is 5.91 Å². The number of amides is 1. The second kappa shape index (κ2) is 5.65. The van der Waals surface area contributed by atoms with Gasteiger partial charge in [-0.05, 0) is 30.0 Å². The molecular formula is C16H23N3O. The largest absolute Gasteiger partial charge is 0.366 e. The number of rotatable bonds is 5. The SMILES string of the molecule is CC(C)Cc1nc2cc(C(N)=O)ccc2n1CC(C)C. The van der Waals surface area contributed by atoms with E-state index in [2.05, 4.69) is 32.3 Å². The first-order chi connectivity index (χ1) is 9.38. The van der Waals surface area contributed by atoms with Crippen LogP contribution in [0, 0.1) is 11.8 Å². The topological polar surface area (TPSA) is 60.9 Å². The van der Waals surface area contributed by atoms with Crippen molar-refractivity contribution in [3.8, 4) is 0 Å². The fourth-order valence-corrected chi connectivity index (χ4v) is 2.42. The average Bonchev–Trinajstić information content (AvgIpc) is 2.65. The molecule has 4 nitrogen and oxygen atoms in total. The third-order valence-electron chi connectivity index (χ3n) is 3.25. The molecule has 108 valence electrons. The van der Waals surface area contributed by atoms with Crippen molar-refractivity contribution in [3.63, 3.8) is 0 Å². The van der Waals surface area contributed by atoms with E-state index in [4.69, 9.17) is 10.7 Å². The molecule has 4 heteroatoms. The molecule has 2 aromatic rings. The minimum absolute atomic E-state index is 0.407. The lowest BCUT2D eigenvalue weighted by Gasteiger charge is -2.13. The molecule has 0 fully saturated rings. The van der Waals surface area contributed by atoms with Crippen LogP contribution in [0.25, 0.3) is 11.0 Å². The van der Waals surface area contributed by atoms with Gasteiger partial charge in [-0.1, -0.05) is 27.7 Å². The van der Waals surface area contributed by atoms with Gasteiger partial charge in [-0.25, -0.2) is 4.98 Å². The van der Waals surface area contributed by atoms with Crippen LogP contribution in [-0.2, 0) is 13.0 Å². The van der Waals surface area contributed by atoms with Gasteiger partial charge < -0.3 is 10.3 Å². The summed E-state index contributed by atoms with van der Waals surface area (Å²) in [7, 11) is 0. The predicted octanol–water partition coefficient (Wildman–Crippen LogP) is 2.99. The number of imidazole rings is 1. The Morgan fingerprint density at radius 3 is 2.50 bits per heavy atom. The van der Waals surface area contributed by atoms with Gasteiger partial charge in [0, 0.05) is 18.5 Å². The van der Waals surface area contributed by atoms with E-state index in [1.807, 2.05) is 6.07 Å². The van der Waals surface area contributed by atoms with E-state index in [0.29, 0.717) is 17.4 Å². The zero-order chi connectivity index (χ0) is 14.9. The summed E-state index contributed by atoms with van der Waals surface area (Å²) in [6.45, 7) is 9.71. The molecule has 1 heterocycles.